The number of aryl methyl sites for hydroxylation is 1. The summed E-state index contributed by atoms with van der Waals surface area (Å²) in [4.78, 5) is 40.9. The molecule has 5 rings (SSSR count). The number of carbonyl (C=O) groups is 3. The molecule has 3 amide bonds. The highest BCUT2D eigenvalue weighted by atomic mass is 19.1. The Kier molecular flexibility index (Phi) is 8.11. The summed E-state index contributed by atoms with van der Waals surface area (Å²) in [5.74, 6) is -0.238. The predicted octanol–water partition coefficient (Wildman–Crippen LogP) is 2.56. The first-order valence-corrected chi connectivity index (χ1v) is 13.3. The fourth-order valence-electron chi connectivity index (χ4n) is 5.34. The molecule has 2 aromatic carbocycles. The first-order chi connectivity index (χ1) is 19.4. The van der Waals surface area contributed by atoms with E-state index in [0.29, 0.717) is 66.8 Å². The van der Waals surface area contributed by atoms with Crippen molar-refractivity contribution in [3.8, 4) is 5.75 Å². The molecule has 11 heteroatoms. The van der Waals surface area contributed by atoms with Gasteiger partial charge in [0.25, 0.3) is 11.8 Å². The number of aliphatic hydroxyl groups excluding tert-OH is 1. The Hall–Kier alpha value is -4.25. The van der Waals surface area contributed by atoms with E-state index in [2.05, 4.69) is 15.8 Å². The zero-order chi connectivity index (χ0) is 28.2. The van der Waals surface area contributed by atoms with Crippen molar-refractivity contribution in [2.75, 3.05) is 20.3 Å². The molecule has 2 heterocycles. The lowest BCUT2D eigenvalue weighted by atomic mass is 9.91. The van der Waals surface area contributed by atoms with Gasteiger partial charge in [0.05, 0.1) is 19.8 Å². The minimum atomic E-state index is -0.656. The van der Waals surface area contributed by atoms with Crippen molar-refractivity contribution in [3.05, 3.63) is 82.5 Å². The van der Waals surface area contributed by atoms with Gasteiger partial charge in [-0.1, -0.05) is 17.3 Å². The molecule has 0 spiro atoms. The van der Waals surface area contributed by atoms with Crippen LogP contribution in [-0.2, 0) is 17.6 Å². The van der Waals surface area contributed by atoms with Crippen molar-refractivity contribution >= 4 is 17.7 Å². The number of likely N-dealkylation sites (tertiary alicyclic amines) is 1. The molecule has 0 radical (unpaired) electrons. The van der Waals surface area contributed by atoms with Crippen LogP contribution < -0.4 is 15.4 Å². The summed E-state index contributed by atoms with van der Waals surface area (Å²) < 4.78 is 23.9. The largest absolute Gasteiger partial charge is 0.497 e. The summed E-state index contributed by atoms with van der Waals surface area (Å²) >= 11 is 0. The molecule has 3 aromatic rings. The molecule has 1 saturated heterocycles. The van der Waals surface area contributed by atoms with Crippen LogP contribution in [0.15, 0.2) is 53.1 Å². The number of ether oxygens (including phenoxy) is 1. The molecule has 1 aliphatic carbocycles. The molecule has 10 nitrogen and oxygen atoms in total. The molecular formula is C29H31FN4O6. The number of carbonyl (C=O) groups excluding carboxylic acids is 3. The Morgan fingerprint density at radius 2 is 1.90 bits per heavy atom. The highest BCUT2D eigenvalue weighted by molar-refractivity contribution is 5.98. The van der Waals surface area contributed by atoms with Crippen LogP contribution >= 0.6 is 0 Å². The number of methoxy groups -OCH3 is 1. The number of aliphatic hydroxyl groups is 1. The minimum Gasteiger partial charge on any atom is -0.497 e. The van der Waals surface area contributed by atoms with E-state index in [1.165, 1.54) is 29.2 Å². The number of hydrogen-bond donors (Lipinski definition) is 3. The summed E-state index contributed by atoms with van der Waals surface area (Å²) in [7, 11) is 1.56. The third-order valence-corrected chi connectivity index (χ3v) is 7.51. The maximum atomic E-state index is 13.3. The van der Waals surface area contributed by atoms with Crippen molar-refractivity contribution < 1.29 is 33.1 Å². The molecule has 1 aliphatic heterocycles. The van der Waals surface area contributed by atoms with E-state index in [0.717, 1.165) is 0 Å². The zero-order valence-corrected chi connectivity index (χ0v) is 22.1. The molecule has 40 heavy (non-hydrogen) atoms. The van der Waals surface area contributed by atoms with Gasteiger partial charge in [0, 0.05) is 30.1 Å². The number of aromatic nitrogens is 1. The number of halogens is 1. The Morgan fingerprint density at radius 1 is 1.15 bits per heavy atom. The van der Waals surface area contributed by atoms with Gasteiger partial charge in [-0.25, -0.2) is 4.39 Å². The smallest absolute Gasteiger partial charge is 0.274 e. The van der Waals surface area contributed by atoms with Crippen molar-refractivity contribution in [2.24, 2.45) is 0 Å². The monoisotopic (exact) mass is 550 g/mol. The van der Waals surface area contributed by atoms with Gasteiger partial charge in [-0.05, 0) is 67.6 Å². The summed E-state index contributed by atoms with van der Waals surface area (Å²) in [6.45, 7) is 0.130. The number of fused-ring (bicyclic) bond motifs is 1. The molecule has 2 unspecified atom stereocenters. The van der Waals surface area contributed by atoms with E-state index in [-0.39, 0.29) is 30.2 Å². The van der Waals surface area contributed by atoms with Crippen LogP contribution in [-0.4, -0.2) is 65.2 Å². The van der Waals surface area contributed by atoms with Crippen molar-refractivity contribution in [2.45, 2.75) is 50.2 Å². The van der Waals surface area contributed by atoms with Gasteiger partial charge in [0.1, 0.15) is 23.4 Å². The van der Waals surface area contributed by atoms with Gasteiger partial charge in [0.15, 0.2) is 5.69 Å². The highest BCUT2D eigenvalue weighted by Crippen LogP contribution is 2.27. The summed E-state index contributed by atoms with van der Waals surface area (Å²) in [6.07, 6.45) is 2.66. The molecule has 210 valence electrons. The Balaban J connectivity index is 1.23. The van der Waals surface area contributed by atoms with Crippen LogP contribution in [0.4, 0.5) is 4.39 Å². The molecule has 3 atom stereocenters. The molecule has 2 aliphatic rings. The van der Waals surface area contributed by atoms with Crippen LogP contribution in [0.3, 0.4) is 0 Å². The Bertz CT molecular complexity index is 1370. The fraction of sp³-hybridized carbons (Fsp3) is 0.379. The number of nitrogens with zero attached hydrogens (tertiary/aromatic N) is 2. The topological polar surface area (TPSA) is 134 Å². The van der Waals surface area contributed by atoms with Gasteiger partial charge in [-0.3, -0.25) is 14.4 Å². The van der Waals surface area contributed by atoms with Gasteiger partial charge in [0.2, 0.25) is 5.91 Å². The van der Waals surface area contributed by atoms with Crippen molar-refractivity contribution in [1.82, 2.24) is 20.7 Å². The third kappa shape index (κ3) is 5.69. The minimum absolute atomic E-state index is 0.120. The second-order valence-corrected chi connectivity index (χ2v) is 10.0. The predicted molar refractivity (Wildman–Crippen MR) is 141 cm³/mol. The number of rotatable bonds is 8. The second kappa shape index (κ2) is 11.9. The van der Waals surface area contributed by atoms with Crippen LogP contribution in [0, 0.1) is 5.82 Å². The summed E-state index contributed by atoms with van der Waals surface area (Å²) in [5, 5.41) is 19.7. The molecule has 0 bridgehead atoms. The van der Waals surface area contributed by atoms with E-state index in [9.17, 15) is 23.9 Å². The second-order valence-electron chi connectivity index (χ2n) is 10.0. The lowest BCUT2D eigenvalue weighted by molar-refractivity contribution is -0.125. The standard InChI is InChI=1S/C29H31FN4O6/c1-39-21-11-6-17(7-12-21)23(16-35)32-28(37)26-22-15-20(10-13-25(22)40-33-26)31-27(36)24-3-2-14-34(24)29(38)18-4-8-19(30)9-5-18/h4-9,11-12,20,23-24,35H,2-3,10,13-16H2,1H3,(H,31,36)(H,32,37)/t20?,23?,24-/m1/s1. The third-order valence-electron chi connectivity index (χ3n) is 7.51. The maximum absolute atomic E-state index is 13.3. The zero-order valence-electron chi connectivity index (χ0n) is 22.1. The normalized spacial score (nSPS) is 19.0. The molecular weight excluding hydrogens is 519 g/mol. The average molecular weight is 551 g/mol. The lowest BCUT2D eigenvalue weighted by Crippen LogP contribution is -2.50. The average Bonchev–Trinajstić information content (AvgIpc) is 3.64. The highest BCUT2D eigenvalue weighted by Gasteiger charge is 2.37. The number of nitrogens with one attached hydrogen (secondary N) is 2. The lowest BCUT2D eigenvalue weighted by Gasteiger charge is -2.28. The fourth-order valence-corrected chi connectivity index (χ4v) is 5.34. The van der Waals surface area contributed by atoms with Crippen molar-refractivity contribution in [3.63, 3.8) is 0 Å². The SMILES string of the molecule is COc1ccc(C(CO)NC(=O)c2noc3c2CC(NC(=O)[C@H]2CCCN2C(=O)c2ccc(F)cc2)CC3)cc1. The summed E-state index contributed by atoms with van der Waals surface area (Å²) in [6, 6.07) is 10.7. The number of hydrogen-bond acceptors (Lipinski definition) is 7. The Labute approximate surface area is 230 Å². The first-order valence-electron chi connectivity index (χ1n) is 13.3. The summed E-state index contributed by atoms with van der Waals surface area (Å²) in [5.41, 5.74) is 1.77. The van der Waals surface area contributed by atoms with Crippen LogP contribution in [0.25, 0.3) is 0 Å². The van der Waals surface area contributed by atoms with Crippen LogP contribution in [0.2, 0.25) is 0 Å². The van der Waals surface area contributed by atoms with E-state index in [4.69, 9.17) is 9.26 Å². The van der Waals surface area contributed by atoms with E-state index in [1.54, 1.807) is 31.4 Å². The number of benzene rings is 2. The van der Waals surface area contributed by atoms with Crippen LogP contribution in [0.1, 0.15) is 63.0 Å². The Morgan fingerprint density at radius 3 is 2.60 bits per heavy atom. The number of amides is 3. The molecule has 1 fully saturated rings. The molecule has 1 aromatic heterocycles. The van der Waals surface area contributed by atoms with E-state index >= 15 is 0 Å². The first kappa shape index (κ1) is 27.3. The van der Waals surface area contributed by atoms with Gasteiger partial charge >= 0.3 is 0 Å². The van der Waals surface area contributed by atoms with Gasteiger partial charge in [-0.15, -0.1) is 0 Å². The molecule has 3 N–H and O–H groups in total. The van der Waals surface area contributed by atoms with E-state index < -0.39 is 23.8 Å². The quantitative estimate of drug-likeness (QED) is 0.393. The van der Waals surface area contributed by atoms with Gasteiger partial charge < -0.3 is 29.9 Å². The van der Waals surface area contributed by atoms with E-state index in [1.807, 2.05) is 0 Å². The van der Waals surface area contributed by atoms with Crippen molar-refractivity contribution in [1.29, 1.82) is 0 Å². The van der Waals surface area contributed by atoms with Gasteiger partial charge in [-0.2, -0.15) is 0 Å². The van der Waals surface area contributed by atoms with Crippen LogP contribution in [0.5, 0.6) is 5.75 Å². The molecule has 0 saturated carbocycles. The maximum Gasteiger partial charge on any atom is 0.274 e.